The van der Waals surface area contributed by atoms with E-state index in [-0.39, 0.29) is 23.2 Å². The number of aryl methyl sites for hydroxylation is 2. The fourth-order valence-corrected chi connectivity index (χ4v) is 1.90. The third kappa shape index (κ3) is 3.50. The Morgan fingerprint density at radius 2 is 2.00 bits per heavy atom. The molecule has 0 atom stereocenters. The van der Waals surface area contributed by atoms with E-state index in [0.29, 0.717) is 11.5 Å². The maximum absolute atomic E-state index is 13.0. The lowest BCUT2D eigenvalue weighted by Gasteiger charge is -2.07. The molecule has 1 heterocycles. The first kappa shape index (κ1) is 14.8. The molecule has 2 N–H and O–H groups in total. The van der Waals surface area contributed by atoms with Crippen molar-refractivity contribution in [3.8, 4) is 0 Å². The Balaban J connectivity index is 2.15. The van der Waals surface area contributed by atoms with Crippen LogP contribution in [0.4, 0.5) is 14.5 Å². The van der Waals surface area contributed by atoms with Crippen LogP contribution in [0.1, 0.15) is 17.1 Å². The number of hydrogen-bond acceptors (Lipinski definition) is 3. The highest BCUT2D eigenvalue weighted by atomic mass is 19.2. The summed E-state index contributed by atoms with van der Waals surface area (Å²) < 4.78 is 25.8. The number of amides is 1. The van der Waals surface area contributed by atoms with Gasteiger partial charge >= 0.3 is 0 Å². The molecular formula is C14H13F2N3O2. The van der Waals surface area contributed by atoms with E-state index in [1.807, 2.05) is 0 Å². The highest BCUT2D eigenvalue weighted by Gasteiger charge is 2.12. The molecule has 1 aromatic heterocycles. The average Bonchev–Trinajstić information content (AvgIpc) is 2.38. The van der Waals surface area contributed by atoms with Gasteiger partial charge in [-0.1, -0.05) is 0 Å². The number of nitrogens with zero attached hydrogens (tertiary/aromatic N) is 1. The molecule has 0 radical (unpaired) electrons. The van der Waals surface area contributed by atoms with Crippen molar-refractivity contribution in [1.82, 2.24) is 9.97 Å². The largest absolute Gasteiger partial charge is 0.326 e. The first-order valence-corrected chi connectivity index (χ1v) is 6.18. The van der Waals surface area contributed by atoms with Crippen molar-refractivity contribution < 1.29 is 13.6 Å². The Morgan fingerprint density at radius 3 is 2.62 bits per heavy atom. The van der Waals surface area contributed by atoms with E-state index in [0.717, 1.165) is 12.1 Å². The summed E-state index contributed by atoms with van der Waals surface area (Å²) in [4.78, 5) is 30.2. The van der Waals surface area contributed by atoms with Crippen molar-refractivity contribution in [2.45, 2.75) is 20.3 Å². The lowest BCUT2D eigenvalue weighted by atomic mass is 10.1. The van der Waals surface area contributed by atoms with Crippen LogP contribution >= 0.6 is 0 Å². The third-order valence-corrected chi connectivity index (χ3v) is 2.88. The first-order chi connectivity index (χ1) is 9.86. The van der Waals surface area contributed by atoms with E-state index in [9.17, 15) is 18.4 Å². The number of aromatic nitrogens is 2. The number of nitrogens with one attached hydrogen (secondary N) is 2. The summed E-state index contributed by atoms with van der Waals surface area (Å²) in [5, 5.41) is 2.40. The Labute approximate surface area is 119 Å². The topological polar surface area (TPSA) is 74.8 Å². The van der Waals surface area contributed by atoms with Gasteiger partial charge in [-0.2, -0.15) is 0 Å². The van der Waals surface area contributed by atoms with Crippen molar-refractivity contribution >= 4 is 11.6 Å². The van der Waals surface area contributed by atoms with E-state index in [1.54, 1.807) is 13.8 Å². The molecule has 0 aliphatic heterocycles. The number of carbonyl (C=O) groups excluding carboxylic acids is 1. The SMILES string of the molecule is Cc1nc(C)c(CC(=O)Nc2ccc(F)c(F)c2)c(=O)[nH]1. The maximum Gasteiger partial charge on any atom is 0.254 e. The van der Waals surface area contributed by atoms with Crippen molar-refractivity contribution in [1.29, 1.82) is 0 Å². The second-order valence-electron chi connectivity index (χ2n) is 4.57. The van der Waals surface area contributed by atoms with E-state index < -0.39 is 17.5 Å². The standard InChI is InChI=1S/C14H13F2N3O2/c1-7-10(14(21)18-8(2)17-7)6-13(20)19-9-3-4-11(15)12(16)5-9/h3-5H,6H2,1-2H3,(H,19,20)(H,17,18,21). The molecule has 0 unspecified atom stereocenters. The lowest BCUT2D eigenvalue weighted by molar-refractivity contribution is -0.115. The molecule has 0 bridgehead atoms. The van der Waals surface area contributed by atoms with Gasteiger partial charge in [0.05, 0.1) is 6.42 Å². The normalized spacial score (nSPS) is 10.5. The molecule has 2 rings (SSSR count). The van der Waals surface area contributed by atoms with Gasteiger partial charge in [0.15, 0.2) is 11.6 Å². The van der Waals surface area contributed by atoms with Gasteiger partial charge in [0.25, 0.3) is 5.56 Å². The minimum atomic E-state index is -1.06. The molecule has 5 nitrogen and oxygen atoms in total. The fraction of sp³-hybridized carbons (Fsp3) is 0.214. The van der Waals surface area contributed by atoms with Gasteiger partial charge in [0, 0.05) is 23.0 Å². The number of aromatic amines is 1. The van der Waals surface area contributed by atoms with Gasteiger partial charge < -0.3 is 10.3 Å². The van der Waals surface area contributed by atoms with Crippen LogP contribution < -0.4 is 10.9 Å². The van der Waals surface area contributed by atoms with Crippen molar-refractivity contribution in [2.24, 2.45) is 0 Å². The predicted octanol–water partition coefficient (Wildman–Crippen LogP) is 1.85. The van der Waals surface area contributed by atoms with Crippen LogP contribution in [0.25, 0.3) is 0 Å². The first-order valence-electron chi connectivity index (χ1n) is 6.18. The highest BCUT2D eigenvalue weighted by Crippen LogP contribution is 2.13. The zero-order valence-corrected chi connectivity index (χ0v) is 11.5. The predicted molar refractivity (Wildman–Crippen MR) is 73.0 cm³/mol. The molecule has 0 aliphatic carbocycles. The van der Waals surface area contributed by atoms with E-state index in [2.05, 4.69) is 15.3 Å². The monoisotopic (exact) mass is 293 g/mol. The Morgan fingerprint density at radius 1 is 1.29 bits per heavy atom. The van der Waals surface area contributed by atoms with Crippen LogP contribution in [0.5, 0.6) is 0 Å². The van der Waals surface area contributed by atoms with Crippen LogP contribution in [0.2, 0.25) is 0 Å². The molecule has 2 aromatic rings. The zero-order valence-electron chi connectivity index (χ0n) is 11.5. The Hall–Kier alpha value is -2.57. The van der Waals surface area contributed by atoms with E-state index in [1.165, 1.54) is 6.07 Å². The molecule has 0 aliphatic rings. The Bertz CT molecular complexity index is 756. The zero-order chi connectivity index (χ0) is 15.6. The highest BCUT2D eigenvalue weighted by molar-refractivity contribution is 5.92. The fourth-order valence-electron chi connectivity index (χ4n) is 1.90. The smallest absolute Gasteiger partial charge is 0.254 e. The molecular weight excluding hydrogens is 280 g/mol. The van der Waals surface area contributed by atoms with Gasteiger partial charge in [0.1, 0.15) is 5.82 Å². The number of rotatable bonds is 3. The van der Waals surface area contributed by atoms with Gasteiger partial charge in [-0.15, -0.1) is 0 Å². The quantitative estimate of drug-likeness (QED) is 0.907. The lowest BCUT2D eigenvalue weighted by Crippen LogP contribution is -2.24. The molecule has 0 spiro atoms. The van der Waals surface area contributed by atoms with Gasteiger partial charge in [-0.25, -0.2) is 13.8 Å². The number of anilines is 1. The van der Waals surface area contributed by atoms with Crippen LogP contribution in [0.15, 0.2) is 23.0 Å². The molecule has 0 saturated heterocycles. The number of benzene rings is 1. The number of halogens is 2. The number of H-pyrrole nitrogens is 1. The summed E-state index contributed by atoms with van der Waals surface area (Å²) >= 11 is 0. The van der Waals surface area contributed by atoms with Crippen LogP contribution in [-0.2, 0) is 11.2 Å². The van der Waals surface area contributed by atoms with Crippen molar-refractivity contribution in [3.05, 3.63) is 57.3 Å². The second-order valence-corrected chi connectivity index (χ2v) is 4.57. The van der Waals surface area contributed by atoms with Crippen molar-refractivity contribution in [2.75, 3.05) is 5.32 Å². The summed E-state index contributed by atoms with van der Waals surface area (Å²) in [5.41, 5.74) is 0.422. The van der Waals surface area contributed by atoms with Gasteiger partial charge in [0.2, 0.25) is 5.91 Å². The van der Waals surface area contributed by atoms with Crippen LogP contribution in [0, 0.1) is 25.5 Å². The molecule has 1 amide bonds. The average molecular weight is 293 g/mol. The van der Waals surface area contributed by atoms with E-state index >= 15 is 0 Å². The molecule has 110 valence electrons. The summed E-state index contributed by atoms with van der Waals surface area (Å²) in [6.45, 7) is 3.27. The molecule has 7 heteroatoms. The van der Waals surface area contributed by atoms with Crippen molar-refractivity contribution in [3.63, 3.8) is 0 Å². The summed E-state index contributed by atoms with van der Waals surface area (Å²) in [6.07, 6.45) is -0.201. The molecule has 1 aromatic carbocycles. The Kier molecular flexibility index (Phi) is 4.11. The minimum absolute atomic E-state index is 0.119. The van der Waals surface area contributed by atoms with Crippen LogP contribution in [-0.4, -0.2) is 15.9 Å². The number of carbonyl (C=O) groups is 1. The third-order valence-electron chi connectivity index (χ3n) is 2.88. The summed E-state index contributed by atoms with van der Waals surface area (Å²) in [6, 6.07) is 3.02. The van der Waals surface area contributed by atoms with Gasteiger partial charge in [-0.05, 0) is 26.0 Å². The molecule has 21 heavy (non-hydrogen) atoms. The molecule has 0 fully saturated rings. The molecule has 0 saturated carbocycles. The minimum Gasteiger partial charge on any atom is -0.326 e. The number of hydrogen-bond donors (Lipinski definition) is 2. The van der Waals surface area contributed by atoms with E-state index in [4.69, 9.17) is 0 Å². The van der Waals surface area contributed by atoms with Crippen LogP contribution in [0.3, 0.4) is 0 Å². The van der Waals surface area contributed by atoms with Gasteiger partial charge in [-0.3, -0.25) is 9.59 Å². The second kappa shape index (κ2) is 5.82. The maximum atomic E-state index is 13.0. The summed E-state index contributed by atoms with van der Waals surface area (Å²) in [7, 11) is 0. The summed E-state index contributed by atoms with van der Waals surface area (Å²) in [5.74, 6) is -2.11.